The average molecular weight is 239 g/mol. The largest absolute Gasteiger partial charge is 0.504 e. The summed E-state index contributed by atoms with van der Waals surface area (Å²) in [4.78, 5) is -0.279. The quantitative estimate of drug-likeness (QED) is 0.515. The van der Waals surface area contributed by atoms with E-state index in [1.54, 1.807) is 0 Å². The fraction of sp³-hybridized carbons (Fsp3) is 0. The first-order valence-electron chi connectivity index (χ1n) is 4.23. The van der Waals surface area contributed by atoms with Crippen molar-refractivity contribution in [3.8, 4) is 11.5 Å². The van der Waals surface area contributed by atoms with Crippen molar-refractivity contribution in [2.24, 2.45) is 0 Å². The van der Waals surface area contributed by atoms with Crippen molar-refractivity contribution in [1.82, 2.24) is 0 Å². The van der Waals surface area contributed by atoms with Crippen LogP contribution in [0, 0.1) is 6.07 Å². The predicted molar refractivity (Wildman–Crippen MR) is 55.9 cm³/mol. The summed E-state index contributed by atoms with van der Waals surface area (Å²) in [6.07, 6.45) is 0. The summed E-state index contributed by atoms with van der Waals surface area (Å²) in [5.41, 5.74) is 0. The van der Waals surface area contributed by atoms with Crippen LogP contribution < -0.4 is 0 Å². The first-order valence-corrected chi connectivity index (χ1v) is 5.67. The highest BCUT2D eigenvalue weighted by Gasteiger charge is 2.11. The van der Waals surface area contributed by atoms with Crippen molar-refractivity contribution in [1.29, 1.82) is 0 Å². The molecule has 0 aliphatic heterocycles. The Morgan fingerprint density at radius 1 is 1.12 bits per heavy atom. The summed E-state index contributed by atoms with van der Waals surface area (Å²) in [5, 5.41) is 19.2. The van der Waals surface area contributed by atoms with E-state index in [1.807, 2.05) is 0 Å². The molecule has 5 nitrogen and oxygen atoms in total. The van der Waals surface area contributed by atoms with Gasteiger partial charge in [0.15, 0.2) is 11.5 Å². The van der Waals surface area contributed by atoms with Crippen molar-refractivity contribution in [3.05, 3.63) is 30.3 Å². The zero-order valence-electron chi connectivity index (χ0n) is 7.88. The molecule has 0 aliphatic carbocycles. The fourth-order valence-corrected chi connectivity index (χ4v) is 1.86. The minimum Gasteiger partial charge on any atom is -0.504 e. The topological polar surface area (TPSA) is 94.8 Å². The van der Waals surface area contributed by atoms with Gasteiger partial charge in [-0.25, -0.2) is 0 Å². The zero-order chi connectivity index (χ0) is 11.9. The molecular formula is C10H7O5S. The van der Waals surface area contributed by atoms with E-state index in [1.165, 1.54) is 24.3 Å². The summed E-state index contributed by atoms with van der Waals surface area (Å²) >= 11 is 0. The molecule has 83 valence electrons. The van der Waals surface area contributed by atoms with Crippen LogP contribution in [0.3, 0.4) is 0 Å². The normalized spacial score (nSPS) is 11.8. The van der Waals surface area contributed by atoms with E-state index in [4.69, 9.17) is 4.55 Å². The maximum Gasteiger partial charge on any atom is 0.294 e. The molecule has 0 saturated heterocycles. The molecule has 0 bridgehead atoms. The lowest BCUT2D eigenvalue weighted by molar-refractivity contribution is 0.404. The van der Waals surface area contributed by atoms with Crippen LogP contribution in [0.5, 0.6) is 11.5 Å². The lowest BCUT2D eigenvalue weighted by Gasteiger charge is -2.03. The van der Waals surface area contributed by atoms with E-state index < -0.39 is 21.6 Å². The number of hydrogen-bond donors (Lipinski definition) is 3. The van der Waals surface area contributed by atoms with Crippen LogP contribution in [0.1, 0.15) is 0 Å². The summed E-state index contributed by atoms with van der Waals surface area (Å²) in [6.45, 7) is 0. The Labute approximate surface area is 91.3 Å². The van der Waals surface area contributed by atoms with Gasteiger partial charge in [-0.3, -0.25) is 4.55 Å². The highest BCUT2D eigenvalue weighted by Crippen LogP contribution is 2.30. The first kappa shape index (κ1) is 10.7. The first-order chi connectivity index (χ1) is 7.38. The minimum atomic E-state index is -4.28. The number of phenolic OH excluding ortho intramolecular Hbond substituents is 2. The van der Waals surface area contributed by atoms with Crippen molar-refractivity contribution in [3.63, 3.8) is 0 Å². The third-order valence-corrected chi connectivity index (χ3v) is 2.96. The molecule has 0 spiro atoms. The molecule has 0 aliphatic rings. The molecule has 0 amide bonds. The molecule has 0 heterocycles. The van der Waals surface area contributed by atoms with Crippen LogP contribution in [0.25, 0.3) is 10.8 Å². The highest BCUT2D eigenvalue weighted by molar-refractivity contribution is 7.85. The van der Waals surface area contributed by atoms with Crippen molar-refractivity contribution in [2.75, 3.05) is 0 Å². The highest BCUT2D eigenvalue weighted by atomic mass is 32.2. The van der Waals surface area contributed by atoms with Crippen molar-refractivity contribution < 1.29 is 23.2 Å². The van der Waals surface area contributed by atoms with Crippen LogP contribution in [0.2, 0.25) is 0 Å². The van der Waals surface area contributed by atoms with Gasteiger partial charge >= 0.3 is 0 Å². The number of benzene rings is 2. The van der Waals surface area contributed by atoms with Gasteiger partial charge in [-0.1, -0.05) is 6.07 Å². The molecule has 0 aromatic heterocycles. The Morgan fingerprint density at radius 3 is 2.44 bits per heavy atom. The van der Waals surface area contributed by atoms with Gasteiger partial charge in [0.25, 0.3) is 10.1 Å². The van der Waals surface area contributed by atoms with Crippen molar-refractivity contribution >= 4 is 20.9 Å². The molecule has 6 heteroatoms. The Morgan fingerprint density at radius 2 is 1.81 bits per heavy atom. The van der Waals surface area contributed by atoms with Crippen LogP contribution in [0.15, 0.2) is 29.2 Å². The lowest BCUT2D eigenvalue weighted by Crippen LogP contribution is -1.97. The van der Waals surface area contributed by atoms with Gasteiger partial charge in [0.1, 0.15) is 0 Å². The molecular weight excluding hydrogens is 232 g/mol. The van der Waals surface area contributed by atoms with Gasteiger partial charge in [-0.15, -0.1) is 0 Å². The van der Waals surface area contributed by atoms with Crippen LogP contribution in [-0.2, 0) is 10.1 Å². The summed E-state index contributed by atoms with van der Waals surface area (Å²) in [5.74, 6) is -0.813. The number of phenols is 2. The predicted octanol–water partition coefficient (Wildman–Crippen LogP) is 1.30. The second-order valence-electron chi connectivity index (χ2n) is 3.23. The molecule has 2 rings (SSSR count). The Kier molecular flexibility index (Phi) is 2.25. The monoisotopic (exact) mass is 239 g/mol. The third-order valence-electron chi connectivity index (χ3n) is 2.11. The van der Waals surface area contributed by atoms with Gasteiger partial charge in [0.05, 0.1) is 4.90 Å². The third kappa shape index (κ3) is 1.80. The Hall–Kier alpha value is -1.79. The van der Waals surface area contributed by atoms with E-state index in [0.29, 0.717) is 10.8 Å². The molecule has 16 heavy (non-hydrogen) atoms. The van der Waals surface area contributed by atoms with E-state index in [-0.39, 0.29) is 4.90 Å². The number of fused-ring (bicyclic) bond motifs is 1. The molecule has 0 fully saturated rings. The maximum absolute atomic E-state index is 10.9. The fourth-order valence-electron chi connectivity index (χ4n) is 1.34. The lowest BCUT2D eigenvalue weighted by atomic mass is 10.1. The number of rotatable bonds is 1. The van der Waals surface area contributed by atoms with Crippen molar-refractivity contribution in [2.45, 2.75) is 4.90 Å². The average Bonchev–Trinajstić information content (AvgIpc) is 2.17. The van der Waals surface area contributed by atoms with Gasteiger partial charge in [-0.05, 0) is 29.0 Å². The number of aromatic hydroxyl groups is 2. The molecule has 1 radical (unpaired) electrons. The van der Waals surface area contributed by atoms with E-state index in [9.17, 15) is 18.6 Å². The van der Waals surface area contributed by atoms with Crippen LogP contribution in [-0.4, -0.2) is 23.2 Å². The van der Waals surface area contributed by atoms with Gasteiger partial charge in [-0.2, -0.15) is 8.42 Å². The van der Waals surface area contributed by atoms with Gasteiger partial charge < -0.3 is 10.2 Å². The Balaban J connectivity index is 2.77. The molecule has 0 atom stereocenters. The summed E-state index contributed by atoms with van der Waals surface area (Å²) in [7, 11) is -4.28. The smallest absolute Gasteiger partial charge is 0.294 e. The molecule has 2 aromatic carbocycles. The van der Waals surface area contributed by atoms with Gasteiger partial charge in [0, 0.05) is 6.07 Å². The van der Waals surface area contributed by atoms with E-state index in [2.05, 4.69) is 6.07 Å². The molecule has 3 N–H and O–H groups in total. The summed E-state index contributed by atoms with van der Waals surface area (Å²) < 4.78 is 30.5. The minimum absolute atomic E-state index is 0.279. The second-order valence-corrected chi connectivity index (χ2v) is 4.65. The molecule has 0 saturated carbocycles. The van der Waals surface area contributed by atoms with Crippen LogP contribution in [0.4, 0.5) is 0 Å². The maximum atomic E-state index is 10.9. The second kappa shape index (κ2) is 3.36. The summed E-state index contributed by atoms with van der Waals surface area (Å²) in [6, 6.07) is 7.39. The SMILES string of the molecule is O=S(=O)(O)c1ccc2[c]c(O)c(O)cc2c1. The molecule has 2 aromatic rings. The van der Waals surface area contributed by atoms with Gasteiger partial charge in [0.2, 0.25) is 0 Å². The van der Waals surface area contributed by atoms with E-state index in [0.717, 1.165) is 0 Å². The van der Waals surface area contributed by atoms with E-state index >= 15 is 0 Å². The van der Waals surface area contributed by atoms with Crippen LogP contribution >= 0.6 is 0 Å². The molecule has 0 unspecified atom stereocenters. The Bertz CT molecular complexity index is 660. The standard InChI is InChI=1S/C10H7O5S/c11-9-4-6-1-2-8(16(13,14)15)3-7(6)5-10(9)12/h1-3,5,11-12H,(H,13,14,15). The zero-order valence-corrected chi connectivity index (χ0v) is 8.69. The number of hydrogen-bond acceptors (Lipinski definition) is 4.